The fourth-order valence-electron chi connectivity index (χ4n) is 2.70. The molecule has 2 rings (SSSR count). The number of amides is 1. The van der Waals surface area contributed by atoms with Crippen LogP contribution in [-0.2, 0) is 21.3 Å². The quantitative estimate of drug-likeness (QED) is 0.888. The van der Waals surface area contributed by atoms with Gasteiger partial charge in [-0.1, -0.05) is 24.6 Å². The van der Waals surface area contributed by atoms with E-state index in [0.717, 1.165) is 25.7 Å². The predicted molar refractivity (Wildman–Crippen MR) is 87.7 cm³/mol. The molecule has 1 saturated carbocycles. The van der Waals surface area contributed by atoms with E-state index in [4.69, 9.17) is 11.6 Å². The van der Waals surface area contributed by atoms with E-state index in [1.54, 1.807) is 6.07 Å². The number of hydrogen-bond donors (Lipinski definition) is 1. The maximum Gasteiger partial charge on any atom is 0.232 e. The van der Waals surface area contributed by atoms with E-state index in [-0.39, 0.29) is 34.0 Å². The summed E-state index contributed by atoms with van der Waals surface area (Å²) in [5.41, 5.74) is 0.210. The number of hydrogen-bond acceptors (Lipinski definition) is 2. The smallest absolute Gasteiger partial charge is 0.232 e. The molecule has 0 aromatic heterocycles. The minimum Gasteiger partial charge on any atom is -0.353 e. The van der Waals surface area contributed by atoms with Gasteiger partial charge in [0.05, 0.1) is 5.75 Å². The van der Waals surface area contributed by atoms with Crippen LogP contribution in [-0.4, -0.2) is 21.9 Å². The highest BCUT2D eigenvalue weighted by Gasteiger charge is 2.21. The molecule has 1 aliphatic rings. The molecular formula is C16H21ClFNO2S. The van der Waals surface area contributed by atoms with Crippen molar-refractivity contribution in [1.82, 2.24) is 5.32 Å². The molecule has 1 amide bonds. The van der Waals surface area contributed by atoms with Crippen LogP contribution in [0.5, 0.6) is 0 Å². The van der Waals surface area contributed by atoms with Gasteiger partial charge in [0.15, 0.2) is 0 Å². The van der Waals surface area contributed by atoms with Gasteiger partial charge in [-0.05, 0) is 43.7 Å². The van der Waals surface area contributed by atoms with Gasteiger partial charge < -0.3 is 5.32 Å². The van der Waals surface area contributed by atoms with Crippen LogP contribution in [0.4, 0.5) is 4.39 Å². The third-order valence-electron chi connectivity index (χ3n) is 4.04. The zero-order chi connectivity index (χ0) is 16.1. The molecule has 0 bridgehead atoms. The van der Waals surface area contributed by atoms with Gasteiger partial charge in [0, 0.05) is 27.4 Å². The van der Waals surface area contributed by atoms with Crippen LogP contribution < -0.4 is 5.32 Å². The average molecular weight is 346 g/mol. The zero-order valence-corrected chi connectivity index (χ0v) is 14.2. The Kier molecular flexibility index (Phi) is 6.38. The molecule has 1 aromatic carbocycles. The van der Waals surface area contributed by atoms with Gasteiger partial charge in [0.2, 0.25) is 5.91 Å². The monoisotopic (exact) mass is 345 g/mol. The maximum absolute atomic E-state index is 13.6. The molecule has 122 valence electrons. The molecular weight excluding hydrogens is 325 g/mol. The Hall–Kier alpha value is -0.940. The molecule has 6 heteroatoms. The standard InChI is InChI=1S/C16H21ClFNO2S/c1-11-5-7-12(8-6-11)19-16(20)10-22(21)9-13-14(17)3-2-4-15(13)18/h2-4,11-12H,5-10H2,1H3,(H,19,20). The number of benzene rings is 1. The molecule has 1 unspecified atom stereocenters. The van der Waals surface area contributed by atoms with Crippen LogP contribution >= 0.6 is 11.6 Å². The van der Waals surface area contributed by atoms with Crippen LogP contribution in [0.15, 0.2) is 18.2 Å². The molecule has 0 radical (unpaired) electrons. The van der Waals surface area contributed by atoms with E-state index < -0.39 is 16.6 Å². The van der Waals surface area contributed by atoms with E-state index in [1.807, 2.05) is 0 Å². The van der Waals surface area contributed by atoms with Crippen LogP contribution in [0.3, 0.4) is 0 Å². The lowest BCUT2D eigenvalue weighted by Gasteiger charge is -2.26. The van der Waals surface area contributed by atoms with E-state index in [0.29, 0.717) is 5.92 Å². The molecule has 1 fully saturated rings. The topological polar surface area (TPSA) is 46.2 Å². The summed E-state index contributed by atoms with van der Waals surface area (Å²) in [7, 11) is -1.47. The first-order chi connectivity index (χ1) is 10.5. The number of rotatable bonds is 5. The summed E-state index contributed by atoms with van der Waals surface area (Å²) < 4.78 is 25.7. The number of carbonyl (C=O) groups excluding carboxylic acids is 1. The molecule has 1 N–H and O–H groups in total. The van der Waals surface area contributed by atoms with Gasteiger partial charge in [-0.2, -0.15) is 0 Å². The minimum atomic E-state index is -1.47. The van der Waals surface area contributed by atoms with Crippen LogP contribution in [0.25, 0.3) is 0 Å². The second kappa shape index (κ2) is 8.06. The Labute approximate surface area is 138 Å². The molecule has 0 saturated heterocycles. The number of carbonyl (C=O) groups is 1. The Morgan fingerprint density at radius 2 is 2.05 bits per heavy atom. The van der Waals surface area contributed by atoms with Crippen molar-refractivity contribution in [2.75, 3.05) is 5.75 Å². The van der Waals surface area contributed by atoms with Crippen molar-refractivity contribution in [1.29, 1.82) is 0 Å². The van der Waals surface area contributed by atoms with Crippen molar-refractivity contribution in [2.24, 2.45) is 5.92 Å². The average Bonchev–Trinajstić information content (AvgIpc) is 2.45. The van der Waals surface area contributed by atoms with Crippen molar-refractivity contribution in [3.63, 3.8) is 0 Å². The lowest BCUT2D eigenvalue weighted by molar-refractivity contribution is -0.119. The van der Waals surface area contributed by atoms with Crippen molar-refractivity contribution in [3.8, 4) is 0 Å². The first-order valence-corrected chi connectivity index (χ1v) is 9.39. The third-order valence-corrected chi connectivity index (χ3v) is 5.59. The fraction of sp³-hybridized carbons (Fsp3) is 0.562. The van der Waals surface area contributed by atoms with E-state index in [1.165, 1.54) is 12.1 Å². The number of nitrogens with one attached hydrogen (secondary N) is 1. The van der Waals surface area contributed by atoms with Crippen LogP contribution in [0.1, 0.15) is 38.2 Å². The Morgan fingerprint density at radius 3 is 2.68 bits per heavy atom. The number of halogens is 2. The zero-order valence-electron chi connectivity index (χ0n) is 12.6. The second-order valence-corrected chi connectivity index (χ2v) is 7.82. The van der Waals surface area contributed by atoms with E-state index >= 15 is 0 Å². The minimum absolute atomic E-state index is 0.0410. The maximum atomic E-state index is 13.6. The first-order valence-electron chi connectivity index (χ1n) is 7.53. The molecule has 1 atom stereocenters. The Morgan fingerprint density at radius 1 is 1.36 bits per heavy atom. The summed E-state index contributed by atoms with van der Waals surface area (Å²) in [6, 6.07) is 4.51. The summed E-state index contributed by atoms with van der Waals surface area (Å²) in [6.07, 6.45) is 4.16. The molecule has 0 aliphatic heterocycles. The molecule has 22 heavy (non-hydrogen) atoms. The van der Waals surface area contributed by atoms with Crippen LogP contribution in [0.2, 0.25) is 5.02 Å². The summed E-state index contributed by atoms with van der Waals surface area (Å²) in [5, 5.41) is 3.17. The SMILES string of the molecule is CC1CCC(NC(=O)CS(=O)Cc2c(F)cccc2Cl)CC1. The Balaban J connectivity index is 1.83. The Bertz CT molecular complexity index is 539. The first kappa shape index (κ1) is 17.4. The van der Waals surface area contributed by atoms with Crippen molar-refractivity contribution >= 4 is 28.3 Å². The van der Waals surface area contributed by atoms with Crippen LogP contribution in [0, 0.1) is 11.7 Å². The molecule has 1 aromatic rings. The van der Waals surface area contributed by atoms with Gasteiger partial charge in [-0.15, -0.1) is 0 Å². The molecule has 0 heterocycles. The normalized spacial score (nSPS) is 23.0. The van der Waals surface area contributed by atoms with Gasteiger partial charge in [-0.25, -0.2) is 4.39 Å². The van der Waals surface area contributed by atoms with Crippen molar-refractivity contribution in [3.05, 3.63) is 34.6 Å². The van der Waals surface area contributed by atoms with E-state index in [9.17, 15) is 13.4 Å². The summed E-state index contributed by atoms with van der Waals surface area (Å²) >= 11 is 5.90. The van der Waals surface area contributed by atoms with Crippen molar-refractivity contribution < 1.29 is 13.4 Å². The fourth-order valence-corrected chi connectivity index (χ4v) is 4.10. The van der Waals surface area contributed by atoms with Gasteiger partial charge in [0.25, 0.3) is 0 Å². The molecule has 1 aliphatic carbocycles. The largest absolute Gasteiger partial charge is 0.353 e. The highest BCUT2D eigenvalue weighted by atomic mass is 35.5. The lowest BCUT2D eigenvalue weighted by atomic mass is 9.87. The van der Waals surface area contributed by atoms with Gasteiger partial charge in [-0.3, -0.25) is 9.00 Å². The third kappa shape index (κ3) is 5.06. The van der Waals surface area contributed by atoms with Gasteiger partial charge >= 0.3 is 0 Å². The summed E-state index contributed by atoms with van der Waals surface area (Å²) in [5.74, 6) is -0.157. The highest BCUT2D eigenvalue weighted by Crippen LogP contribution is 2.23. The molecule has 3 nitrogen and oxygen atoms in total. The molecule has 0 spiro atoms. The highest BCUT2D eigenvalue weighted by molar-refractivity contribution is 7.84. The van der Waals surface area contributed by atoms with E-state index in [2.05, 4.69) is 12.2 Å². The summed E-state index contributed by atoms with van der Waals surface area (Å²) in [4.78, 5) is 11.9. The predicted octanol–water partition coefficient (Wildman–Crippen LogP) is 3.42. The van der Waals surface area contributed by atoms with Crippen molar-refractivity contribution in [2.45, 2.75) is 44.4 Å². The van der Waals surface area contributed by atoms with Gasteiger partial charge in [0.1, 0.15) is 11.6 Å². The summed E-state index contributed by atoms with van der Waals surface area (Å²) in [6.45, 7) is 2.21. The second-order valence-electron chi connectivity index (χ2n) is 5.95. The lowest BCUT2D eigenvalue weighted by Crippen LogP contribution is -2.39.